The average Bonchev–Trinajstić information content (AvgIpc) is 4.15. The normalized spacial score (nSPS) is 12.8. The lowest BCUT2D eigenvalue weighted by Gasteiger charge is -2.20. The van der Waals surface area contributed by atoms with Crippen molar-refractivity contribution >= 4 is 94.9 Å². The van der Waals surface area contributed by atoms with Gasteiger partial charge in [0.15, 0.2) is 28.1 Å². The summed E-state index contributed by atoms with van der Waals surface area (Å²) in [5, 5.41) is 0.121. The first-order valence-corrected chi connectivity index (χ1v) is 28.0. The number of hydrogen-bond donors (Lipinski definition) is 2. The molecule has 0 bridgehead atoms. The lowest BCUT2D eigenvalue weighted by Crippen LogP contribution is -2.19. The van der Waals surface area contributed by atoms with Crippen molar-refractivity contribution in [3.05, 3.63) is 215 Å². The molecule has 0 amide bonds. The fourth-order valence-corrected chi connectivity index (χ4v) is 11.6. The molecule has 78 heavy (non-hydrogen) atoms. The minimum absolute atomic E-state index is 0.0605. The molecule has 17 nitrogen and oxygen atoms in total. The van der Waals surface area contributed by atoms with Crippen LogP contribution in [-0.4, -0.2) is 61.7 Å². The topological polar surface area (TPSA) is 215 Å². The second-order valence-electron chi connectivity index (χ2n) is 17.5. The molecule has 0 aliphatic heterocycles. The molecule has 2 unspecified atom stereocenters. The molecule has 0 saturated carbocycles. The van der Waals surface area contributed by atoms with Gasteiger partial charge < -0.3 is 18.6 Å². The number of nitrogens with zero attached hydrogens (tertiary/aromatic N) is 8. The Kier molecular flexibility index (Phi) is 15.4. The molecular weight excluding hydrogens is 1070 g/mol. The summed E-state index contributed by atoms with van der Waals surface area (Å²) in [5.74, 6) is -0.522. The zero-order valence-corrected chi connectivity index (χ0v) is 44.7. The largest absolute Gasteiger partial charge is 0.437 e. The number of halogens is 2. The Balaban J connectivity index is 0.982. The van der Waals surface area contributed by atoms with Crippen molar-refractivity contribution in [2.75, 3.05) is 9.44 Å². The summed E-state index contributed by atoms with van der Waals surface area (Å²) in [4.78, 5) is 41.6. The molecule has 0 radical (unpaired) electrons. The van der Waals surface area contributed by atoms with Gasteiger partial charge >= 0.3 is 0 Å². The number of Topliss-reactive ketones (excluding diaryl/α,β-unsaturated/α-hetero) is 1. The number of aromatic nitrogens is 8. The van der Waals surface area contributed by atoms with E-state index in [1.165, 1.54) is 36.9 Å². The Morgan fingerprint density at radius 3 is 1.28 bits per heavy atom. The highest BCUT2D eigenvalue weighted by Crippen LogP contribution is 2.35. The lowest BCUT2D eigenvalue weighted by molar-refractivity contribution is -0.120. The third-order valence-electron chi connectivity index (χ3n) is 12.5. The van der Waals surface area contributed by atoms with E-state index in [9.17, 15) is 16.8 Å². The van der Waals surface area contributed by atoms with Gasteiger partial charge in [0.1, 0.15) is 33.9 Å². The van der Waals surface area contributed by atoms with Crippen LogP contribution in [0.4, 0.5) is 11.4 Å². The monoisotopic (exact) mass is 1120 g/mol. The molecular formula is C57H46Cl2N10O7S2. The number of nitrogens with one attached hydrogen (secondary N) is 2. The van der Waals surface area contributed by atoms with Crippen LogP contribution in [0.2, 0.25) is 10.0 Å². The van der Waals surface area contributed by atoms with Gasteiger partial charge in [-0.2, -0.15) is 9.97 Å². The van der Waals surface area contributed by atoms with E-state index >= 15 is 4.79 Å². The van der Waals surface area contributed by atoms with Crippen molar-refractivity contribution in [1.29, 1.82) is 0 Å². The zero-order valence-electron chi connectivity index (χ0n) is 41.6. The van der Waals surface area contributed by atoms with Crippen LogP contribution in [0.5, 0.6) is 23.3 Å². The van der Waals surface area contributed by atoms with Gasteiger partial charge in [-0.25, -0.2) is 36.8 Å². The first-order chi connectivity index (χ1) is 37.8. The number of imidazole rings is 2. The van der Waals surface area contributed by atoms with Gasteiger partial charge in [-0.1, -0.05) is 120 Å². The van der Waals surface area contributed by atoms with E-state index in [0.29, 0.717) is 69.8 Å². The van der Waals surface area contributed by atoms with Crippen molar-refractivity contribution in [1.82, 2.24) is 39.0 Å². The molecule has 10 aromatic rings. The second kappa shape index (κ2) is 22.8. The third kappa shape index (κ3) is 11.6. The number of ketones is 1. The number of ether oxygens (including phenoxy) is 2. The van der Waals surface area contributed by atoms with Crippen molar-refractivity contribution in [2.45, 2.75) is 48.6 Å². The van der Waals surface area contributed by atoms with E-state index in [1.54, 1.807) is 122 Å². The van der Waals surface area contributed by atoms with Crippen molar-refractivity contribution in [3.63, 3.8) is 0 Å². The highest BCUT2D eigenvalue weighted by atomic mass is 35.5. The molecule has 6 aromatic carbocycles. The lowest BCUT2D eigenvalue weighted by atomic mass is 9.82. The van der Waals surface area contributed by atoms with Crippen LogP contribution in [0.3, 0.4) is 0 Å². The quantitative estimate of drug-likeness (QED) is 0.0727. The number of sulfonamides is 2. The maximum Gasteiger partial charge on any atom is 0.263 e. The maximum absolute atomic E-state index is 15.5. The van der Waals surface area contributed by atoms with E-state index < -0.39 is 31.9 Å². The summed E-state index contributed by atoms with van der Waals surface area (Å²) in [7, 11) is -8.16. The summed E-state index contributed by atoms with van der Waals surface area (Å²) < 4.78 is 75.0. The van der Waals surface area contributed by atoms with Gasteiger partial charge in [-0.3, -0.25) is 14.2 Å². The number of anilines is 2. The molecule has 21 heteroatoms. The van der Waals surface area contributed by atoms with Crippen LogP contribution >= 0.6 is 23.2 Å². The number of hydrogen-bond acceptors (Lipinski definition) is 13. The Morgan fingerprint density at radius 1 is 0.526 bits per heavy atom. The standard InChI is InChI=1S/C57H46Cl2N10O7S2/c1-3-68-35-64-51-54(68)60-33-62-56(51)75-43-27-13-37(14-28-43)17-31-45(39-19-23-41(24-20-39)66-77(71,72)49-11-7-5-9-47(49)58)53(70)46(40-21-25-42(26-22-40)67-78(73,74)50-12-8-6-10-48(50)59)32-18-38-15-29-44(30-16-38)76-57-52-55(61-34-63-57)69(4-2)36-65-52/h5-36,45-46,66-67H,3-4H2,1-2H3/b31-17+,32-18+. The van der Waals surface area contributed by atoms with Crippen LogP contribution in [0.15, 0.2) is 193 Å². The van der Waals surface area contributed by atoms with E-state index in [-0.39, 0.29) is 37.0 Å². The number of benzene rings is 6. The molecule has 2 atom stereocenters. The van der Waals surface area contributed by atoms with Crippen LogP contribution in [0.1, 0.15) is 47.9 Å². The van der Waals surface area contributed by atoms with Gasteiger partial charge in [-0.15, -0.1) is 0 Å². The van der Waals surface area contributed by atoms with Crippen LogP contribution in [0, 0.1) is 0 Å². The predicted molar refractivity (Wildman–Crippen MR) is 301 cm³/mol. The molecule has 4 aromatic heterocycles. The maximum atomic E-state index is 15.5. The van der Waals surface area contributed by atoms with Gasteiger partial charge in [-0.05, 0) is 109 Å². The fraction of sp³-hybridized carbons (Fsp3) is 0.105. The van der Waals surface area contributed by atoms with Gasteiger partial charge in [0.2, 0.25) is 0 Å². The summed E-state index contributed by atoms with van der Waals surface area (Å²) >= 11 is 12.5. The molecule has 10 rings (SSSR count). The molecule has 0 aliphatic carbocycles. The number of aryl methyl sites for hydroxylation is 2. The highest BCUT2D eigenvalue weighted by molar-refractivity contribution is 7.93. The first-order valence-electron chi connectivity index (χ1n) is 24.3. The zero-order chi connectivity index (χ0) is 54.4. The smallest absolute Gasteiger partial charge is 0.263 e. The van der Waals surface area contributed by atoms with Crippen molar-refractivity contribution < 1.29 is 31.1 Å². The van der Waals surface area contributed by atoms with Crippen molar-refractivity contribution in [3.8, 4) is 23.3 Å². The Bertz CT molecular complexity index is 3840. The highest BCUT2D eigenvalue weighted by Gasteiger charge is 2.28. The van der Waals surface area contributed by atoms with Crippen LogP contribution in [-0.2, 0) is 37.9 Å². The van der Waals surface area contributed by atoms with E-state index in [2.05, 4.69) is 39.3 Å². The Hall–Kier alpha value is -8.75. The molecule has 392 valence electrons. The molecule has 0 saturated heterocycles. The molecule has 0 spiro atoms. The molecule has 0 aliphatic rings. The number of carbonyl (C=O) groups excluding carboxylic acids is 1. The SMILES string of the molecule is CCn1cnc2c(Oc3ccc(/C=C/C(C(=O)C(/C=C/c4ccc(Oc5ncnc6c5ncn6CC)cc4)c4ccc(NS(=O)(=O)c5ccccc5Cl)cc4)c4ccc(NS(=O)(=O)c5ccccc5Cl)cc4)cc3)ncnc21. The Morgan fingerprint density at radius 2 is 0.910 bits per heavy atom. The van der Waals surface area contributed by atoms with Crippen molar-refractivity contribution in [2.24, 2.45) is 0 Å². The van der Waals surface area contributed by atoms with Gasteiger partial charge in [0.05, 0.1) is 34.5 Å². The first kappa shape index (κ1) is 52.7. The van der Waals surface area contributed by atoms with E-state index in [4.69, 9.17) is 32.7 Å². The number of carbonyl (C=O) groups is 1. The number of rotatable bonds is 20. The van der Waals surface area contributed by atoms with E-state index in [0.717, 1.165) is 11.1 Å². The molecule has 0 fully saturated rings. The molecule has 2 N–H and O–H groups in total. The minimum Gasteiger partial charge on any atom is -0.437 e. The van der Waals surface area contributed by atoms with Crippen LogP contribution in [0.25, 0.3) is 34.5 Å². The van der Waals surface area contributed by atoms with Gasteiger partial charge in [0.25, 0.3) is 31.8 Å². The summed E-state index contributed by atoms with van der Waals surface area (Å²) in [6.07, 6.45) is 13.4. The van der Waals surface area contributed by atoms with Crippen LogP contribution < -0.4 is 18.9 Å². The molecule has 4 heterocycles. The minimum atomic E-state index is -4.08. The fourth-order valence-electron chi connectivity index (χ4n) is 8.46. The Labute approximate surface area is 459 Å². The summed E-state index contributed by atoms with van der Waals surface area (Å²) in [6.45, 7) is 5.33. The number of allylic oxidation sites excluding steroid dienone is 2. The van der Waals surface area contributed by atoms with Gasteiger partial charge in [0, 0.05) is 24.5 Å². The summed E-state index contributed by atoms with van der Waals surface area (Å²) in [6, 6.07) is 39.7. The predicted octanol–water partition coefficient (Wildman–Crippen LogP) is 12.4. The van der Waals surface area contributed by atoms with E-state index in [1.807, 2.05) is 59.4 Å². The third-order valence-corrected chi connectivity index (χ3v) is 16.2. The summed E-state index contributed by atoms with van der Waals surface area (Å²) in [5.41, 5.74) is 5.38. The second-order valence-corrected chi connectivity index (χ2v) is 21.6. The average molecular weight is 1120 g/mol. The number of fused-ring (bicyclic) bond motifs is 2.